The number of ether oxygens (including phenoxy) is 2. The van der Waals surface area contributed by atoms with Gasteiger partial charge in [-0.2, -0.15) is 4.31 Å². The Hall–Kier alpha value is -2.42. The summed E-state index contributed by atoms with van der Waals surface area (Å²) < 4.78 is 38.2. The summed E-state index contributed by atoms with van der Waals surface area (Å²) in [7, 11) is -2.37. The fourth-order valence-corrected chi connectivity index (χ4v) is 5.68. The summed E-state index contributed by atoms with van der Waals surface area (Å²) in [6.07, 6.45) is 2.87. The number of morpholine rings is 1. The zero-order valence-corrected chi connectivity index (χ0v) is 17.8. The molecule has 0 saturated carbocycles. The van der Waals surface area contributed by atoms with E-state index in [1.165, 1.54) is 29.1 Å². The quantitative estimate of drug-likeness (QED) is 0.788. The smallest absolute Gasteiger partial charge is 0.251 e. The predicted molar refractivity (Wildman–Crippen MR) is 112 cm³/mol. The number of nitrogens with one attached hydrogen (secondary N) is 1. The van der Waals surface area contributed by atoms with Crippen LogP contribution in [0, 0.1) is 0 Å². The standard InChI is InChI=1S/C22H26N2O5S/c1-28-20-10-9-17(15-21(20)30(26,27)24-11-13-29-14-12-24)22(25)23-19-8-4-6-16-5-2-3-7-18(16)19/h2-3,5,7,9-10,15,19H,4,6,8,11-14H2,1H3,(H,23,25)/t19-/m1/s1. The molecule has 7 nitrogen and oxygen atoms in total. The third kappa shape index (κ3) is 4.08. The molecule has 1 aliphatic carbocycles. The van der Waals surface area contributed by atoms with Crippen molar-refractivity contribution in [1.82, 2.24) is 9.62 Å². The Morgan fingerprint density at radius 1 is 1.17 bits per heavy atom. The Morgan fingerprint density at radius 2 is 1.93 bits per heavy atom. The number of amides is 1. The highest BCUT2D eigenvalue weighted by molar-refractivity contribution is 7.89. The first-order chi connectivity index (χ1) is 14.5. The molecule has 1 heterocycles. The number of benzene rings is 2. The minimum Gasteiger partial charge on any atom is -0.495 e. The van der Waals surface area contributed by atoms with Crippen molar-refractivity contribution in [3.63, 3.8) is 0 Å². The number of hydrogen-bond donors (Lipinski definition) is 1. The van der Waals surface area contributed by atoms with Gasteiger partial charge < -0.3 is 14.8 Å². The molecule has 1 amide bonds. The zero-order valence-electron chi connectivity index (χ0n) is 17.0. The lowest BCUT2D eigenvalue weighted by molar-refractivity contribution is 0.0729. The number of rotatable bonds is 5. The molecule has 160 valence electrons. The van der Waals surface area contributed by atoms with Crippen LogP contribution in [-0.2, 0) is 21.2 Å². The molecule has 1 aliphatic heterocycles. The number of sulfonamides is 1. The highest BCUT2D eigenvalue weighted by Crippen LogP contribution is 2.31. The SMILES string of the molecule is COc1ccc(C(=O)N[C@@H]2CCCc3ccccc32)cc1S(=O)(=O)N1CCOCC1. The van der Waals surface area contributed by atoms with Gasteiger partial charge in [0.05, 0.1) is 26.4 Å². The minimum atomic E-state index is -3.79. The Morgan fingerprint density at radius 3 is 2.70 bits per heavy atom. The van der Waals surface area contributed by atoms with Crippen molar-refractivity contribution in [3.05, 3.63) is 59.2 Å². The number of carbonyl (C=O) groups is 1. The third-order valence-electron chi connectivity index (χ3n) is 5.69. The number of hydrogen-bond acceptors (Lipinski definition) is 5. The van der Waals surface area contributed by atoms with Gasteiger partial charge in [0.25, 0.3) is 5.91 Å². The molecule has 0 spiro atoms. The largest absolute Gasteiger partial charge is 0.495 e. The van der Waals surface area contributed by atoms with E-state index in [2.05, 4.69) is 11.4 Å². The maximum absolute atomic E-state index is 13.2. The molecule has 2 aromatic rings. The van der Waals surface area contributed by atoms with E-state index in [0.29, 0.717) is 18.8 Å². The lowest BCUT2D eigenvalue weighted by Crippen LogP contribution is -2.40. The van der Waals surface area contributed by atoms with Crippen LogP contribution in [0.4, 0.5) is 0 Å². The maximum Gasteiger partial charge on any atom is 0.251 e. The van der Waals surface area contributed by atoms with Gasteiger partial charge in [-0.05, 0) is 48.6 Å². The molecular formula is C22H26N2O5S. The van der Waals surface area contributed by atoms with Gasteiger partial charge in [-0.15, -0.1) is 0 Å². The van der Waals surface area contributed by atoms with E-state index in [-0.39, 0.29) is 35.7 Å². The van der Waals surface area contributed by atoms with Crippen LogP contribution >= 0.6 is 0 Å². The average molecular weight is 431 g/mol. The second kappa shape index (κ2) is 8.75. The summed E-state index contributed by atoms with van der Waals surface area (Å²) in [5.41, 5.74) is 2.68. The van der Waals surface area contributed by atoms with E-state index in [1.807, 2.05) is 18.2 Å². The lowest BCUT2D eigenvalue weighted by Gasteiger charge is -2.27. The van der Waals surface area contributed by atoms with Crippen molar-refractivity contribution in [1.29, 1.82) is 0 Å². The summed E-state index contributed by atoms with van der Waals surface area (Å²) in [6.45, 7) is 1.26. The van der Waals surface area contributed by atoms with Gasteiger partial charge in [0.2, 0.25) is 10.0 Å². The van der Waals surface area contributed by atoms with Crippen molar-refractivity contribution in [3.8, 4) is 5.75 Å². The first-order valence-corrected chi connectivity index (χ1v) is 11.6. The first kappa shape index (κ1) is 20.8. The molecule has 0 unspecified atom stereocenters. The maximum atomic E-state index is 13.2. The third-order valence-corrected chi connectivity index (χ3v) is 7.61. The molecule has 1 N–H and O–H groups in total. The van der Waals surface area contributed by atoms with Crippen LogP contribution in [0.15, 0.2) is 47.4 Å². The number of nitrogens with zero attached hydrogens (tertiary/aromatic N) is 1. The minimum absolute atomic E-state index is 0.00333. The normalized spacial score (nSPS) is 19.7. The Labute approximate surface area is 177 Å². The van der Waals surface area contributed by atoms with Crippen LogP contribution in [0.5, 0.6) is 5.75 Å². The van der Waals surface area contributed by atoms with E-state index >= 15 is 0 Å². The fourth-order valence-electron chi connectivity index (χ4n) is 4.09. The van der Waals surface area contributed by atoms with Crippen LogP contribution < -0.4 is 10.1 Å². The molecule has 1 saturated heterocycles. The molecule has 1 fully saturated rings. The molecule has 1 atom stereocenters. The van der Waals surface area contributed by atoms with Crippen LogP contribution in [0.25, 0.3) is 0 Å². The number of carbonyl (C=O) groups excluding carboxylic acids is 1. The van der Waals surface area contributed by atoms with E-state index in [9.17, 15) is 13.2 Å². The molecule has 2 aliphatic rings. The monoisotopic (exact) mass is 430 g/mol. The van der Waals surface area contributed by atoms with Gasteiger partial charge in [-0.3, -0.25) is 4.79 Å². The van der Waals surface area contributed by atoms with E-state index < -0.39 is 10.0 Å². The lowest BCUT2D eigenvalue weighted by atomic mass is 9.87. The van der Waals surface area contributed by atoms with Crippen LogP contribution in [0.3, 0.4) is 0 Å². The Balaban J connectivity index is 1.61. The molecule has 8 heteroatoms. The predicted octanol–water partition coefficient (Wildman–Crippen LogP) is 2.52. The van der Waals surface area contributed by atoms with Crippen molar-refractivity contribution in [2.75, 3.05) is 33.4 Å². The van der Waals surface area contributed by atoms with E-state index in [4.69, 9.17) is 9.47 Å². The van der Waals surface area contributed by atoms with Gasteiger partial charge in [-0.25, -0.2) is 8.42 Å². The number of aryl methyl sites for hydroxylation is 1. The molecular weight excluding hydrogens is 404 g/mol. The first-order valence-electron chi connectivity index (χ1n) is 10.2. The zero-order chi connectivity index (χ0) is 21.1. The van der Waals surface area contributed by atoms with Gasteiger partial charge in [0.1, 0.15) is 10.6 Å². The van der Waals surface area contributed by atoms with Crippen molar-refractivity contribution in [2.45, 2.75) is 30.2 Å². The Bertz CT molecular complexity index is 1030. The summed E-state index contributed by atoms with van der Waals surface area (Å²) >= 11 is 0. The topological polar surface area (TPSA) is 84.9 Å². The van der Waals surface area contributed by atoms with Crippen molar-refractivity contribution < 1.29 is 22.7 Å². The molecule has 0 bridgehead atoms. The van der Waals surface area contributed by atoms with Crippen LogP contribution in [0.1, 0.15) is 40.4 Å². The van der Waals surface area contributed by atoms with Gasteiger partial charge in [0, 0.05) is 18.7 Å². The fraction of sp³-hybridized carbons (Fsp3) is 0.409. The summed E-state index contributed by atoms with van der Waals surface area (Å²) in [5.74, 6) is -0.0705. The van der Waals surface area contributed by atoms with E-state index in [0.717, 1.165) is 24.8 Å². The molecule has 2 aromatic carbocycles. The molecule has 0 aromatic heterocycles. The van der Waals surface area contributed by atoms with Gasteiger partial charge >= 0.3 is 0 Å². The van der Waals surface area contributed by atoms with E-state index in [1.54, 1.807) is 6.07 Å². The second-order valence-electron chi connectivity index (χ2n) is 7.50. The molecule has 4 rings (SSSR count). The number of fused-ring (bicyclic) bond motifs is 1. The summed E-state index contributed by atoms with van der Waals surface area (Å²) in [6, 6.07) is 12.6. The van der Waals surface area contributed by atoms with Gasteiger partial charge in [-0.1, -0.05) is 24.3 Å². The molecule has 30 heavy (non-hydrogen) atoms. The summed E-state index contributed by atoms with van der Waals surface area (Å²) in [4.78, 5) is 13.0. The highest BCUT2D eigenvalue weighted by Gasteiger charge is 2.30. The number of methoxy groups -OCH3 is 1. The Kier molecular flexibility index (Phi) is 6.08. The average Bonchev–Trinajstić information content (AvgIpc) is 2.79. The van der Waals surface area contributed by atoms with Gasteiger partial charge in [0.15, 0.2) is 0 Å². The summed E-state index contributed by atoms with van der Waals surface area (Å²) in [5, 5.41) is 3.08. The van der Waals surface area contributed by atoms with Crippen molar-refractivity contribution in [2.24, 2.45) is 0 Å². The van der Waals surface area contributed by atoms with Crippen molar-refractivity contribution >= 4 is 15.9 Å². The molecule has 0 radical (unpaired) electrons. The highest BCUT2D eigenvalue weighted by atomic mass is 32.2. The van der Waals surface area contributed by atoms with Crippen LogP contribution in [0.2, 0.25) is 0 Å². The van der Waals surface area contributed by atoms with Crippen LogP contribution in [-0.4, -0.2) is 52.0 Å². The second-order valence-corrected chi connectivity index (χ2v) is 9.41.